The van der Waals surface area contributed by atoms with Crippen molar-refractivity contribution in [1.82, 2.24) is 9.62 Å². The number of nitrogens with two attached hydrogens (primary N) is 1. The Bertz CT molecular complexity index is 613. The largest absolute Gasteiger partial charge is 0.398 e. The fourth-order valence-electron chi connectivity index (χ4n) is 2.00. The first-order valence-electron chi connectivity index (χ1n) is 5.99. The van der Waals surface area contributed by atoms with Gasteiger partial charge in [0, 0.05) is 18.8 Å². The molecule has 1 atom stereocenters. The van der Waals surface area contributed by atoms with Crippen molar-refractivity contribution in [1.29, 1.82) is 0 Å². The van der Waals surface area contributed by atoms with Crippen molar-refractivity contribution in [3.63, 3.8) is 0 Å². The maximum Gasteiger partial charge on any atom is 0.243 e. The van der Waals surface area contributed by atoms with Crippen molar-refractivity contribution < 1.29 is 13.2 Å². The Hall–Kier alpha value is -1.60. The highest BCUT2D eigenvalue weighted by Gasteiger charge is 2.35. The smallest absolute Gasteiger partial charge is 0.243 e. The lowest BCUT2D eigenvalue weighted by atomic mass is 10.2. The lowest BCUT2D eigenvalue weighted by Crippen LogP contribution is -2.55. The summed E-state index contributed by atoms with van der Waals surface area (Å²) in [5, 5.41) is 2.64. The van der Waals surface area contributed by atoms with Gasteiger partial charge in [-0.25, -0.2) is 8.42 Å². The number of sulfonamides is 1. The summed E-state index contributed by atoms with van der Waals surface area (Å²) in [6.07, 6.45) is 0. The maximum atomic E-state index is 12.5. The molecule has 0 aliphatic carbocycles. The van der Waals surface area contributed by atoms with Crippen molar-refractivity contribution in [2.24, 2.45) is 0 Å². The van der Waals surface area contributed by atoms with Gasteiger partial charge in [0.15, 0.2) is 0 Å². The van der Waals surface area contributed by atoms with Gasteiger partial charge in [0.1, 0.15) is 6.04 Å². The molecule has 1 aliphatic heterocycles. The average molecular weight is 283 g/mol. The molecule has 0 radical (unpaired) electrons. The van der Waals surface area contributed by atoms with E-state index in [-0.39, 0.29) is 17.3 Å². The molecule has 6 nitrogen and oxygen atoms in total. The Morgan fingerprint density at radius 2 is 2.11 bits per heavy atom. The van der Waals surface area contributed by atoms with Gasteiger partial charge >= 0.3 is 0 Å². The number of aryl methyl sites for hydroxylation is 1. The third-order valence-electron chi connectivity index (χ3n) is 3.30. The van der Waals surface area contributed by atoms with Gasteiger partial charge in [-0.15, -0.1) is 0 Å². The molecular weight excluding hydrogens is 266 g/mol. The predicted octanol–water partition coefficient (Wildman–Crippen LogP) is 0.0862. The molecule has 0 saturated carbocycles. The summed E-state index contributed by atoms with van der Waals surface area (Å²) in [6.45, 7) is 3.97. The second-order valence-corrected chi connectivity index (χ2v) is 6.49. The molecule has 0 aromatic heterocycles. The topological polar surface area (TPSA) is 92.5 Å². The lowest BCUT2D eigenvalue weighted by Gasteiger charge is -2.31. The van der Waals surface area contributed by atoms with E-state index in [0.29, 0.717) is 12.2 Å². The first-order valence-corrected chi connectivity index (χ1v) is 7.43. The number of carbonyl (C=O) groups excluding carboxylic acids is 1. The van der Waals surface area contributed by atoms with Gasteiger partial charge in [-0.05, 0) is 31.5 Å². The molecule has 1 aliphatic rings. The Balaban J connectivity index is 2.41. The first kappa shape index (κ1) is 13.8. The molecule has 1 aromatic rings. The summed E-state index contributed by atoms with van der Waals surface area (Å²) in [6, 6.07) is 3.91. The van der Waals surface area contributed by atoms with E-state index < -0.39 is 16.1 Å². The Morgan fingerprint density at radius 3 is 2.74 bits per heavy atom. The van der Waals surface area contributed by atoms with Crippen molar-refractivity contribution in [3.8, 4) is 0 Å². The Kier molecular flexibility index (Phi) is 3.51. The average Bonchev–Trinajstić information content (AvgIpc) is 2.35. The van der Waals surface area contributed by atoms with Crippen LogP contribution in [0.3, 0.4) is 0 Å². The number of carbonyl (C=O) groups is 1. The predicted molar refractivity (Wildman–Crippen MR) is 72.0 cm³/mol. The zero-order valence-electron chi connectivity index (χ0n) is 10.9. The highest BCUT2D eigenvalue weighted by molar-refractivity contribution is 7.89. The molecule has 19 heavy (non-hydrogen) atoms. The van der Waals surface area contributed by atoms with E-state index in [4.69, 9.17) is 5.73 Å². The van der Waals surface area contributed by atoms with Gasteiger partial charge in [-0.3, -0.25) is 4.79 Å². The van der Waals surface area contributed by atoms with E-state index in [1.807, 2.05) is 6.92 Å². The number of amides is 1. The van der Waals surface area contributed by atoms with Gasteiger partial charge in [-0.1, -0.05) is 6.07 Å². The quantitative estimate of drug-likeness (QED) is 0.752. The maximum absolute atomic E-state index is 12.5. The summed E-state index contributed by atoms with van der Waals surface area (Å²) in [7, 11) is -3.69. The fourth-order valence-corrected chi connectivity index (χ4v) is 3.63. The van der Waals surface area contributed by atoms with E-state index >= 15 is 0 Å². The van der Waals surface area contributed by atoms with Gasteiger partial charge in [0.05, 0.1) is 4.90 Å². The molecular formula is C12H17N3O3S. The molecule has 0 bridgehead atoms. The van der Waals surface area contributed by atoms with Crippen LogP contribution in [0.2, 0.25) is 0 Å². The lowest BCUT2D eigenvalue weighted by molar-refractivity contribution is -0.126. The van der Waals surface area contributed by atoms with Crippen molar-refractivity contribution in [2.45, 2.75) is 24.8 Å². The molecule has 3 N–H and O–H groups in total. The number of nitrogen functional groups attached to an aromatic ring is 1. The van der Waals surface area contributed by atoms with Crippen LogP contribution in [0.25, 0.3) is 0 Å². The molecule has 1 saturated heterocycles. The third-order valence-corrected chi connectivity index (χ3v) is 5.27. The van der Waals surface area contributed by atoms with Crippen molar-refractivity contribution in [2.75, 3.05) is 18.8 Å². The zero-order chi connectivity index (χ0) is 14.2. The Labute approximate surface area is 112 Å². The van der Waals surface area contributed by atoms with Crippen LogP contribution in [-0.4, -0.2) is 37.8 Å². The van der Waals surface area contributed by atoms with Crippen LogP contribution < -0.4 is 11.1 Å². The van der Waals surface area contributed by atoms with Crippen LogP contribution in [0.5, 0.6) is 0 Å². The number of piperazine rings is 1. The molecule has 104 valence electrons. The molecule has 1 aromatic carbocycles. The van der Waals surface area contributed by atoms with Crippen LogP contribution in [0.1, 0.15) is 12.5 Å². The molecule has 0 spiro atoms. The van der Waals surface area contributed by atoms with E-state index in [2.05, 4.69) is 5.32 Å². The number of nitrogens with one attached hydrogen (secondary N) is 1. The number of nitrogens with zero attached hydrogens (tertiary/aromatic N) is 1. The van der Waals surface area contributed by atoms with Gasteiger partial charge < -0.3 is 11.1 Å². The Morgan fingerprint density at radius 1 is 1.42 bits per heavy atom. The highest BCUT2D eigenvalue weighted by atomic mass is 32.2. The first-order chi connectivity index (χ1) is 8.84. The van der Waals surface area contributed by atoms with Crippen molar-refractivity contribution in [3.05, 3.63) is 23.8 Å². The van der Waals surface area contributed by atoms with E-state index in [0.717, 1.165) is 5.56 Å². The van der Waals surface area contributed by atoms with Gasteiger partial charge in [0.2, 0.25) is 15.9 Å². The zero-order valence-corrected chi connectivity index (χ0v) is 11.7. The minimum atomic E-state index is -3.69. The SMILES string of the molecule is Cc1ccc(S(=O)(=O)N2CCNC(=O)C2C)cc1N. The molecule has 1 heterocycles. The number of benzene rings is 1. The summed E-state index contributed by atoms with van der Waals surface area (Å²) in [4.78, 5) is 11.7. The second-order valence-electron chi connectivity index (χ2n) is 4.60. The molecule has 7 heteroatoms. The molecule has 1 fully saturated rings. The van der Waals surface area contributed by atoms with E-state index in [1.54, 1.807) is 13.0 Å². The van der Waals surface area contributed by atoms with Crippen molar-refractivity contribution >= 4 is 21.6 Å². The minimum Gasteiger partial charge on any atom is -0.398 e. The second kappa shape index (κ2) is 4.82. The standard InChI is InChI=1S/C12H17N3O3S/c1-8-3-4-10(7-11(8)13)19(17,18)15-6-5-14-12(16)9(15)2/h3-4,7,9H,5-6,13H2,1-2H3,(H,14,16). The summed E-state index contributed by atoms with van der Waals surface area (Å²) in [5.74, 6) is -0.282. The van der Waals surface area contributed by atoms with Crippen LogP contribution in [0, 0.1) is 6.92 Å². The normalized spacial score (nSPS) is 21.2. The van der Waals surface area contributed by atoms with Crippen LogP contribution in [0.4, 0.5) is 5.69 Å². The molecule has 2 rings (SSSR count). The van der Waals surface area contributed by atoms with Gasteiger partial charge in [-0.2, -0.15) is 4.31 Å². The number of hydrogen-bond acceptors (Lipinski definition) is 4. The van der Waals surface area contributed by atoms with E-state index in [1.165, 1.54) is 16.4 Å². The number of rotatable bonds is 2. The monoisotopic (exact) mass is 283 g/mol. The molecule has 1 unspecified atom stereocenters. The van der Waals surface area contributed by atoms with Gasteiger partial charge in [0.25, 0.3) is 0 Å². The summed E-state index contributed by atoms with van der Waals surface area (Å²) >= 11 is 0. The summed E-state index contributed by atoms with van der Waals surface area (Å²) < 4.78 is 26.2. The van der Waals surface area contributed by atoms with Crippen LogP contribution in [0.15, 0.2) is 23.1 Å². The minimum absolute atomic E-state index is 0.122. The van der Waals surface area contributed by atoms with Crippen LogP contribution in [-0.2, 0) is 14.8 Å². The fraction of sp³-hybridized carbons (Fsp3) is 0.417. The number of hydrogen-bond donors (Lipinski definition) is 2. The highest BCUT2D eigenvalue weighted by Crippen LogP contribution is 2.23. The van der Waals surface area contributed by atoms with E-state index in [9.17, 15) is 13.2 Å². The van der Waals surface area contributed by atoms with Crippen LogP contribution >= 0.6 is 0 Å². The third kappa shape index (κ3) is 2.43. The summed E-state index contributed by atoms with van der Waals surface area (Å²) in [5.41, 5.74) is 7.00. The number of anilines is 1. The molecule has 1 amide bonds.